The van der Waals surface area contributed by atoms with Crippen LogP contribution in [0.2, 0.25) is 0 Å². The fraction of sp³-hybridized carbons (Fsp3) is 0.130. The lowest BCUT2D eigenvalue weighted by Gasteiger charge is -2.17. The smallest absolute Gasteiger partial charge is 0.344 e. The van der Waals surface area contributed by atoms with Gasteiger partial charge in [0.05, 0.1) is 11.1 Å². The van der Waals surface area contributed by atoms with E-state index in [1.807, 2.05) is 84.9 Å². The predicted octanol–water partition coefficient (Wildman–Crippen LogP) is 11.8. The Labute approximate surface area is 288 Å². The fourth-order valence-electron chi connectivity index (χ4n) is 7.90. The van der Waals surface area contributed by atoms with Crippen LogP contribution in [0.4, 0.5) is 0 Å². The molecule has 0 bridgehead atoms. The van der Waals surface area contributed by atoms with Crippen molar-refractivity contribution in [2.45, 2.75) is 39.5 Å². The SMILES string of the molecule is CCCc1ccc2c(ccc3oc(=O)c(-c4c5ccccc5c(-c5cc6c(ccc7cc(CCC)ccc76)oc5=O)c5ccccc45)cc32)c1. The third-order valence-corrected chi connectivity index (χ3v) is 10.1. The lowest BCUT2D eigenvalue weighted by atomic mass is 9.86. The average molecular weight is 651 g/mol. The van der Waals surface area contributed by atoms with E-state index in [9.17, 15) is 9.59 Å². The van der Waals surface area contributed by atoms with Crippen LogP contribution < -0.4 is 11.3 Å². The summed E-state index contributed by atoms with van der Waals surface area (Å²) in [5.74, 6) is 0. The van der Waals surface area contributed by atoms with E-state index in [0.717, 1.165) is 90.7 Å². The Kier molecular flexibility index (Phi) is 7.13. The molecule has 0 aliphatic carbocycles. The molecule has 0 aliphatic rings. The van der Waals surface area contributed by atoms with Crippen LogP contribution in [0.25, 0.3) is 87.3 Å². The molecule has 0 fully saturated rings. The van der Waals surface area contributed by atoms with Crippen LogP contribution in [0.5, 0.6) is 0 Å². The summed E-state index contributed by atoms with van der Waals surface area (Å²) in [5.41, 5.74) is 5.44. The highest BCUT2D eigenvalue weighted by molar-refractivity contribution is 6.22. The van der Waals surface area contributed by atoms with E-state index in [-0.39, 0.29) is 0 Å². The highest BCUT2D eigenvalue weighted by Crippen LogP contribution is 2.43. The first-order valence-electron chi connectivity index (χ1n) is 17.5. The topological polar surface area (TPSA) is 60.4 Å². The molecule has 4 nitrogen and oxygen atoms in total. The minimum atomic E-state index is -0.401. The van der Waals surface area contributed by atoms with Gasteiger partial charge >= 0.3 is 11.3 Å². The van der Waals surface area contributed by atoms with Gasteiger partial charge in [-0.2, -0.15) is 0 Å². The van der Waals surface area contributed by atoms with Gasteiger partial charge in [0.15, 0.2) is 0 Å². The fourth-order valence-corrected chi connectivity index (χ4v) is 7.90. The monoisotopic (exact) mass is 650 g/mol. The van der Waals surface area contributed by atoms with Crippen molar-refractivity contribution >= 4 is 65.0 Å². The zero-order valence-electron chi connectivity index (χ0n) is 28.0. The van der Waals surface area contributed by atoms with Gasteiger partial charge in [-0.3, -0.25) is 0 Å². The van der Waals surface area contributed by atoms with Crippen molar-refractivity contribution in [3.8, 4) is 22.3 Å². The molecule has 4 heteroatoms. The summed E-state index contributed by atoms with van der Waals surface area (Å²) >= 11 is 0. The third-order valence-electron chi connectivity index (χ3n) is 10.1. The van der Waals surface area contributed by atoms with Gasteiger partial charge in [-0.05, 0) is 91.3 Å². The summed E-state index contributed by atoms with van der Waals surface area (Å²) < 4.78 is 12.1. The summed E-state index contributed by atoms with van der Waals surface area (Å²) in [7, 11) is 0. The second-order valence-corrected chi connectivity index (χ2v) is 13.3. The van der Waals surface area contributed by atoms with Crippen molar-refractivity contribution < 1.29 is 8.83 Å². The molecule has 0 saturated heterocycles. The second kappa shape index (κ2) is 11.9. The van der Waals surface area contributed by atoms with Crippen LogP contribution in [-0.2, 0) is 12.8 Å². The maximum Gasteiger partial charge on any atom is 0.344 e. The minimum absolute atomic E-state index is 0.401. The second-order valence-electron chi connectivity index (χ2n) is 13.3. The molecule has 9 rings (SSSR count). The Morgan fingerprint density at radius 1 is 0.420 bits per heavy atom. The van der Waals surface area contributed by atoms with Gasteiger partial charge in [0.25, 0.3) is 0 Å². The Balaban J connectivity index is 1.34. The van der Waals surface area contributed by atoms with Crippen LogP contribution in [0.1, 0.15) is 37.8 Å². The zero-order chi connectivity index (χ0) is 33.9. The summed E-state index contributed by atoms with van der Waals surface area (Å²) in [6.07, 6.45) is 4.18. The highest BCUT2D eigenvalue weighted by atomic mass is 16.4. The van der Waals surface area contributed by atoms with Crippen molar-refractivity contribution in [1.82, 2.24) is 0 Å². The van der Waals surface area contributed by atoms with Gasteiger partial charge < -0.3 is 8.83 Å². The summed E-state index contributed by atoms with van der Waals surface area (Å²) in [6, 6.07) is 40.9. The van der Waals surface area contributed by atoms with E-state index in [1.54, 1.807) is 0 Å². The molecule has 2 aromatic heterocycles. The number of aryl methyl sites for hydroxylation is 2. The lowest BCUT2D eigenvalue weighted by molar-refractivity contribution is 0.563. The largest absolute Gasteiger partial charge is 0.422 e. The van der Waals surface area contributed by atoms with Gasteiger partial charge in [-0.25, -0.2) is 9.59 Å². The molecule has 7 aromatic carbocycles. The molecule has 242 valence electrons. The minimum Gasteiger partial charge on any atom is -0.422 e. The van der Waals surface area contributed by atoms with E-state index < -0.39 is 11.3 Å². The molecule has 0 saturated carbocycles. The van der Waals surface area contributed by atoms with E-state index >= 15 is 0 Å². The molecular weight excluding hydrogens is 617 g/mol. The molecule has 0 aliphatic heterocycles. The predicted molar refractivity (Wildman–Crippen MR) is 207 cm³/mol. The molecule has 2 heterocycles. The number of hydrogen-bond donors (Lipinski definition) is 0. The van der Waals surface area contributed by atoms with Crippen molar-refractivity contribution in [2.24, 2.45) is 0 Å². The molecule has 0 N–H and O–H groups in total. The van der Waals surface area contributed by atoms with Gasteiger partial charge in [0.2, 0.25) is 0 Å². The third kappa shape index (κ3) is 4.74. The van der Waals surface area contributed by atoms with Crippen molar-refractivity contribution in [2.75, 3.05) is 0 Å². The van der Waals surface area contributed by atoms with Gasteiger partial charge in [0, 0.05) is 21.9 Å². The zero-order valence-corrected chi connectivity index (χ0v) is 28.0. The number of benzene rings is 7. The molecule has 50 heavy (non-hydrogen) atoms. The van der Waals surface area contributed by atoms with Crippen molar-refractivity contribution in [1.29, 1.82) is 0 Å². The first kappa shape index (κ1) is 30.1. The molecule has 0 atom stereocenters. The number of rotatable bonds is 6. The van der Waals surface area contributed by atoms with Crippen molar-refractivity contribution in [3.63, 3.8) is 0 Å². The van der Waals surface area contributed by atoms with Crippen molar-refractivity contribution in [3.05, 3.63) is 153 Å². The molecule has 0 radical (unpaired) electrons. The molecular formula is C46H34O4. The Bertz CT molecular complexity index is 2690. The standard InChI is InChI=1S/C46H34O4/c1-3-9-27-15-19-31-29(23-27)17-21-41-37(31)25-39(45(47)49-41)43-33-11-5-7-13-35(33)44(36-14-8-6-12-34(36)43)40-26-38-32-20-16-28(10-4-2)24-30(32)18-22-42(38)50-46(40)48/h5-8,11-26H,3-4,9-10H2,1-2H3. The van der Waals surface area contributed by atoms with Crippen LogP contribution in [0, 0.1) is 0 Å². The summed E-state index contributed by atoms with van der Waals surface area (Å²) in [6.45, 7) is 4.37. The molecule has 0 amide bonds. The van der Waals surface area contributed by atoms with E-state index in [4.69, 9.17) is 8.83 Å². The highest BCUT2D eigenvalue weighted by Gasteiger charge is 2.22. The normalized spacial score (nSPS) is 11.9. The number of fused-ring (bicyclic) bond motifs is 8. The van der Waals surface area contributed by atoms with Crippen LogP contribution in [0.3, 0.4) is 0 Å². The van der Waals surface area contributed by atoms with Crippen LogP contribution in [0.15, 0.2) is 140 Å². The average Bonchev–Trinajstić information content (AvgIpc) is 3.13. The lowest BCUT2D eigenvalue weighted by Crippen LogP contribution is -2.06. The van der Waals surface area contributed by atoms with Gasteiger partial charge in [-0.15, -0.1) is 0 Å². The van der Waals surface area contributed by atoms with E-state index in [1.165, 1.54) is 11.1 Å². The van der Waals surface area contributed by atoms with E-state index in [0.29, 0.717) is 22.3 Å². The first-order chi connectivity index (χ1) is 24.5. The van der Waals surface area contributed by atoms with Gasteiger partial charge in [0.1, 0.15) is 11.2 Å². The van der Waals surface area contributed by atoms with Crippen LogP contribution in [-0.4, -0.2) is 0 Å². The van der Waals surface area contributed by atoms with E-state index in [2.05, 4.69) is 50.2 Å². The van der Waals surface area contributed by atoms with Crippen LogP contribution >= 0.6 is 0 Å². The first-order valence-corrected chi connectivity index (χ1v) is 17.5. The maximum absolute atomic E-state index is 13.9. The Morgan fingerprint density at radius 3 is 1.20 bits per heavy atom. The summed E-state index contributed by atoms with van der Waals surface area (Å²) in [4.78, 5) is 27.8. The molecule has 9 aromatic rings. The number of hydrogen-bond acceptors (Lipinski definition) is 4. The molecule has 0 spiro atoms. The Morgan fingerprint density at radius 2 is 0.820 bits per heavy atom. The Hall–Kier alpha value is -6.00. The summed E-state index contributed by atoms with van der Waals surface area (Å²) in [5, 5.41) is 9.54. The quantitative estimate of drug-likeness (QED) is 0.102. The molecule has 0 unspecified atom stereocenters. The van der Waals surface area contributed by atoms with Gasteiger partial charge in [-0.1, -0.05) is 124 Å². The maximum atomic E-state index is 13.9.